The molecule has 194 valence electrons. The average Bonchev–Trinajstić information content (AvgIpc) is 3.14. The second-order valence-corrected chi connectivity index (χ2v) is 8.72. The zero-order valence-electron chi connectivity index (χ0n) is 19.1. The number of carbonyl (C=O) groups is 1. The summed E-state index contributed by atoms with van der Waals surface area (Å²) in [4.78, 5) is 14.7. The number of alkyl halides is 6. The van der Waals surface area contributed by atoms with Crippen LogP contribution in [0, 0.1) is 0 Å². The molecule has 11 heteroatoms. The molecule has 3 aromatic carbocycles. The smallest absolute Gasteiger partial charge is 0.406 e. The van der Waals surface area contributed by atoms with Crippen LogP contribution in [0.2, 0.25) is 5.02 Å². The molecule has 1 heterocycles. The van der Waals surface area contributed by atoms with Gasteiger partial charge in [0.25, 0.3) is 5.91 Å². The number of benzene rings is 3. The molecule has 4 rings (SSSR count). The molecule has 1 amide bonds. The Labute approximate surface area is 213 Å². The number of nitrogens with one attached hydrogen (secondary N) is 1. The van der Waals surface area contributed by atoms with Crippen molar-refractivity contribution in [2.24, 2.45) is 0 Å². The van der Waals surface area contributed by atoms with Gasteiger partial charge in [0.2, 0.25) is 0 Å². The average molecular weight is 541 g/mol. The highest BCUT2D eigenvalue weighted by Crippen LogP contribution is 2.39. The molecule has 0 bridgehead atoms. The Kier molecular flexibility index (Phi) is 7.14. The predicted octanol–water partition coefficient (Wildman–Crippen LogP) is 7.58. The highest BCUT2D eigenvalue weighted by molar-refractivity contribution is 6.30. The predicted molar refractivity (Wildman–Crippen MR) is 126 cm³/mol. The number of ether oxygens (including phenoxy) is 1. The Bertz CT molecular complexity index is 1300. The van der Waals surface area contributed by atoms with E-state index >= 15 is 0 Å². The molecule has 0 spiro atoms. The lowest BCUT2D eigenvalue weighted by molar-refractivity contribution is -0.274. The normalized spacial score (nSPS) is 17.0. The first-order valence-electron chi connectivity index (χ1n) is 10.9. The maximum atomic E-state index is 13.4. The van der Waals surface area contributed by atoms with Crippen LogP contribution < -0.4 is 15.0 Å². The van der Waals surface area contributed by atoms with Gasteiger partial charge in [0.1, 0.15) is 5.75 Å². The third-order valence-corrected chi connectivity index (χ3v) is 5.95. The van der Waals surface area contributed by atoms with E-state index in [-0.39, 0.29) is 23.0 Å². The fourth-order valence-corrected chi connectivity index (χ4v) is 4.09. The molecule has 0 fully saturated rings. The third kappa shape index (κ3) is 6.19. The quantitative estimate of drug-likeness (QED) is 0.328. The Hall–Kier alpha value is -3.66. The van der Waals surface area contributed by atoms with E-state index in [1.165, 1.54) is 23.1 Å². The number of hydrogen-bond donors (Lipinski definition) is 1. The molecule has 2 atom stereocenters. The van der Waals surface area contributed by atoms with Crippen LogP contribution in [0.3, 0.4) is 0 Å². The van der Waals surface area contributed by atoms with Crippen LogP contribution in [0.15, 0.2) is 84.6 Å². The fourth-order valence-electron chi connectivity index (χ4n) is 3.97. The number of rotatable bonds is 6. The van der Waals surface area contributed by atoms with Crippen molar-refractivity contribution < 1.29 is 35.9 Å². The van der Waals surface area contributed by atoms with Crippen LogP contribution in [0.25, 0.3) is 0 Å². The summed E-state index contributed by atoms with van der Waals surface area (Å²) in [5.41, 5.74) is 0.448. The molecule has 1 unspecified atom stereocenters. The van der Waals surface area contributed by atoms with E-state index in [1.807, 2.05) is 0 Å². The van der Waals surface area contributed by atoms with E-state index in [0.29, 0.717) is 5.02 Å². The van der Waals surface area contributed by atoms with Crippen molar-refractivity contribution in [1.29, 1.82) is 0 Å². The van der Waals surface area contributed by atoms with Crippen molar-refractivity contribution in [3.8, 4) is 5.75 Å². The van der Waals surface area contributed by atoms with Crippen LogP contribution in [-0.2, 0) is 11.0 Å². The SMILES string of the molecule is CC(NC1=C[C@H](c2cccc(OC(F)(F)F)c2)N(c2ccc(C(F)(F)F)cc2)C1=O)c1ccc(Cl)cc1. The second kappa shape index (κ2) is 10.0. The summed E-state index contributed by atoms with van der Waals surface area (Å²) >= 11 is 5.93. The molecule has 37 heavy (non-hydrogen) atoms. The van der Waals surface area contributed by atoms with Gasteiger partial charge in [-0.05, 0) is 72.7 Å². The van der Waals surface area contributed by atoms with Gasteiger partial charge < -0.3 is 10.1 Å². The Morgan fingerprint density at radius 3 is 2.19 bits per heavy atom. The lowest BCUT2D eigenvalue weighted by atomic mass is 10.1. The molecule has 0 radical (unpaired) electrons. The first-order chi connectivity index (χ1) is 17.3. The Morgan fingerprint density at radius 1 is 0.946 bits per heavy atom. The lowest BCUT2D eigenvalue weighted by Crippen LogP contribution is -2.33. The van der Waals surface area contributed by atoms with Crippen LogP contribution in [0.1, 0.15) is 35.7 Å². The monoisotopic (exact) mass is 540 g/mol. The lowest BCUT2D eigenvalue weighted by Gasteiger charge is -2.26. The summed E-state index contributed by atoms with van der Waals surface area (Å²) in [7, 11) is 0. The first kappa shape index (κ1) is 26.4. The van der Waals surface area contributed by atoms with Gasteiger partial charge in [-0.15, -0.1) is 13.2 Å². The number of nitrogens with zero attached hydrogens (tertiary/aromatic N) is 1. The number of amides is 1. The summed E-state index contributed by atoms with van der Waals surface area (Å²) < 4.78 is 81.5. The minimum Gasteiger partial charge on any atom is -0.406 e. The Balaban J connectivity index is 1.70. The van der Waals surface area contributed by atoms with Crippen LogP contribution in [-0.4, -0.2) is 12.3 Å². The molecule has 0 aliphatic carbocycles. The van der Waals surface area contributed by atoms with Crippen molar-refractivity contribution in [3.63, 3.8) is 0 Å². The maximum Gasteiger partial charge on any atom is 0.573 e. The van der Waals surface area contributed by atoms with Crippen LogP contribution in [0.4, 0.5) is 32.0 Å². The highest BCUT2D eigenvalue weighted by atomic mass is 35.5. The molecule has 1 N–H and O–H groups in total. The molecule has 1 aliphatic heterocycles. The van der Waals surface area contributed by atoms with Gasteiger partial charge in [-0.25, -0.2) is 0 Å². The van der Waals surface area contributed by atoms with Gasteiger partial charge in [-0.2, -0.15) is 13.2 Å². The van der Waals surface area contributed by atoms with Gasteiger partial charge in [0.05, 0.1) is 17.3 Å². The van der Waals surface area contributed by atoms with Gasteiger partial charge in [-0.3, -0.25) is 9.69 Å². The van der Waals surface area contributed by atoms with Gasteiger partial charge in [0, 0.05) is 16.8 Å². The molecular weight excluding hydrogens is 522 g/mol. The largest absolute Gasteiger partial charge is 0.573 e. The van der Waals surface area contributed by atoms with E-state index in [0.717, 1.165) is 42.0 Å². The van der Waals surface area contributed by atoms with Crippen LogP contribution >= 0.6 is 11.6 Å². The number of halogens is 7. The second-order valence-electron chi connectivity index (χ2n) is 8.28. The van der Waals surface area contributed by atoms with E-state index in [1.54, 1.807) is 31.2 Å². The van der Waals surface area contributed by atoms with E-state index in [9.17, 15) is 31.1 Å². The maximum absolute atomic E-state index is 13.4. The van der Waals surface area contributed by atoms with E-state index in [2.05, 4.69) is 10.1 Å². The van der Waals surface area contributed by atoms with Crippen molar-refractivity contribution >= 4 is 23.2 Å². The first-order valence-corrected chi connectivity index (χ1v) is 11.3. The zero-order chi connectivity index (χ0) is 27.0. The highest BCUT2D eigenvalue weighted by Gasteiger charge is 2.37. The zero-order valence-corrected chi connectivity index (χ0v) is 19.8. The van der Waals surface area contributed by atoms with E-state index in [4.69, 9.17) is 11.6 Å². The number of carbonyl (C=O) groups excluding carboxylic acids is 1. The summed E-state index contributed by atoms with van der Waals surface area (Å²) in [5.74, 6) is -1.05. The summed E-state index contributed by atoms with van der Waals surface area (Å²) in [5, 5.41) is 3.62. The molecule has 0 aromatic heterocycles. The minimum atomic E-state index is -4.92. The molecule has 0 saturated heterocycles. The Morgan fingerprint density at radius 2 is 1.59 bits per heavy atom. The number of hydrogen-bond acceptors (Lipinski definition) is 3. The third-order valence-electron chi connectivity index (χ3n) is 5.70. The standard InChI is InChI=1S/C26H19ClF6N2O2/c1-15(16-5-9-19(27)10-6-16)34-22-14-23(17-3-2-4-21(13-17)37-26(31,32)33)35(24(22)36)20-11-7-18(8-12-20)25(28,29)30/h2-15,23,34H,1H3/t15?,23-/m1/s1. The van der Waals surface area contributed by atoms with Gasteiger partial charge in [-0.1, -0.05) is 35.9 Å². The van der Waals surface area contributed by atoms with Crippen molar-refractivity contribution in [2.45, 2.75) is 31.5 Å². The molecule has 0 saturated carbocycles. The summed E-state index contributed by atoms with van der Waals surface area (Å²) in [6, 6.07) is 14.7. The van der Waals surface area contributed by atoms with Crippen molar-refractivity contribution in [3.05, 3.63) is 106 Å². The van der Waals surface area contributed by atoms with E-state index < -0.39 is 35.8 Å². The molecule has 3 aromatic rings. The molecule has 4 nitrogen and oxygen atoms in total. The summed E-state index contributed by atoms with van der Waals surface area (Å²) in [6.07, 6.45) is -7.98. The topological polar surface area (TPSA) is 41.6 Å². The van der Waals surface area contributed by atoms with Crippen molar-refractivity contribution in [2.75, 3.05) is 4.90 Å². The fraction of sp³-hybridized carbons (Fsp3) is 0.192. The summed E-state index contributed by atoms with van der Waals surface area (Å²) in [6.45, 7) is 1.80. The molecule has 1 aliphatic rings. The van der Waals surface area contributed by atoms with Gasteiger partial charge >= 0.3 is 12.5 Å². The van der Waals surface area contributed by atoms with Gasteiger partial charge in [0.15, 0.2) is 0 Å². The number of anilines is 1. The minimum absolute atomic E-state index is 0.134. The van der Waals surface area contributed by atoms with Crippen molar-refractivity contribution in [1.82, 2.24) is 5.32 Å². The molecular formula is C26H19ClF6N2O2. The van der Waals surface area contributed by atoms with Crippen LogP contribution in [0.5, 0.6) is 5.75 Å².